The Morgan fingerprint density at radius 2 is 1.60 bits per heavy atom. The van der Waals surface area contributed by atoms with Crippen LogP contribution in [0.15, 0.2) is 42.5 Å². The number of carbonyl (C=O) groups is 3. The van der Waals surface area contributed by atoms with Crippen LogP contribution in [0.4, 0.5) is 4.39 Å². The first-order valence-electron chi connectivity index (χ1n) is 9.43. The first-order valence-corrected chi connectivity index (χ1v) is 10.2. The van der Waals surface area contributed by atoms with Crippen molar-refractivity contribution in [3.63, 3.8) is 0 Å². The smallest absolute Gasteiger partial charge is 0.254 e. The first kappa shape index (κ1) is 22.1. The summed E-state index contributed by atoms with van der Waals surface area (Å²) in [6, 6.07) is 9.16. The molecule has 1 aliphatic rings. The van der Waals surface area contributed by atoms with E-state index in [0.29, 0.717) is 40.6 Å². The molecule has 30 heavy (non-hydrogen) atoms. The number of halogens is 3. The van der Waals surface area contributed by atoms with Gasteiger partial charge in [0.2, 0.25) is 5.91 Å². The van der Waals surface area contributed by atoms with E-state index < -0.39 is 11.9 Å². The number of amides is 3. The molecule has 3 amide bonds. The van der Waals surface area contributed by atoms with E-state index in [2.05, 4.69) is 10.6 Å². The number of hydrogen-bond acceptors (Lipinski definition) is 3. The van der Waals surface area contributed by atoms with Gasteiger partial charge in [-0.2, -0.15) is 0 Å². The van der Waals surface area contributed by atoms with Gasteiger partial charge in [0.05, 0.1) is 0 Å². The highest BCUT2D eigenvalue weighted by molar-refractivity contribution is 6.35. The van der Waals surface area contributed by atoms with Gasteiger partial charge in [0.15, 0.2) is 0 Å². The molecule has 0 spiro atoms. The third kappa shape index (κ3) is 5.49. The van der Waals surface area contributed by atoms with Crippen molar-refractivity contribution in [3.05, 3.63) is 69.5 Å². The second kappa shape index (κ2) is 9.91. The molecule has 0 unspecified atom stereocenters. The molecular formula is C21H20Cl2FN3O3. The lowest BCUT2D eigenvalue weighted by atomic mass is 10.1. The van der Waals surface area contributed by atoms with Gasteiger partial charge in [-0.3, -0.25) is 14.4 Å². The van der Waals surface area contributed by atoms with Crippen molar-refractivity contribution in [2.45, 2.75) is 18.9 Å². The molecule has 2 aromatic rings. The number of benzene rings is 2. The summed E-state index contributed by atoms with van der Waals surface area (Å²) in [4.78, 5) is 38.9. The fourth-order valence-corrected chi connectivity index (χ4v) is 3.83. The van der Waals surface area contributed by atoms with Crippen LogP contribution in [-0.2, 0) is 4.79 Å². The minimum Gasteiger partial charge on any atom is -0.353 e. The maximum atomic E-state index is 12.9. The summed E-state index contributed by atoms with van der Waals surface area (Å²) in [5, 5.41) is 6.09. The topological polar surface area (TPSA) is 78.5 Å². The van der Waals surface area contributed by atoms with Gasteiger partial charge in [0, 0.05) is 40.8 Å². The largest absolute Gasteiger partial charge is 0.353 e. The van der Waals surface area contributed by atoms with Gasteiger partial charge >= 0.3 is 0 Å². The summed E-state index contributed by atoms with van der Waals surface area (Å²) in [5.41, 5.74) is 0.661. The SMILES string of the molecule is O=C(NCCNC(=O)[C@H]1CCCN1C(=O)c1cc(Cl)cc(Cl)c1)c1ccc(F)cc1. The van der Waals surface area contributed by atoms with E-state index in [4.69, 9.17) is 23.2 Å². The molecule has 1 atom stereocenters. The summed E-state index contributed by atoms with van der Waals surface area (Å²) in [6.45, 7) is 0.863. The summed E-state index contributed by atoms with van der Waals surface area (Å²) < 4.78 is 12.9. The highest BCUT2D eigenvalue weighted by Crippen LogP contribution is 2.24. The van der Waals surface area contributed by atoms with Crippen molar-refractivity contribution < 1.29 is 18.8 Å². The molecule has 0 radical (unpaired) electrons. The van der Waals surface area contributed by atoms with E-state index in [1.807, 2.05) is 0 Å². The normalized spacial score (nSPS) is 15.7. The van der Waals surface area contributed by atoms with Crippen LogP contribution < -0.4 is 10.6 Å². The Morgan fingerprint density at radius 1 is 0.967 bits per heavy atom. The summed E-state index contributed by atoms with van der Waals surface area (Å²) in [5.74, 6) is -1.37. The van der Waals surface area contributed by atoms with Crippen LogP contribution in [0.3, 0.4) is 0 Å². The summed E-state index contributed by atoms with van der Waals surface area (Å²) >= 11 is 11.9. The zero-order chi connectivity index (χ0) is 21.7. The van der Waals surface area contributed by atoms with Gasteiger partial charge in [0.25, 0.3) is 11.8 Å². The lowest BCUT2D eigenvalue weighted by Gasteiger charge is -2.24. The Labute approximate surface area is 183 Å². The predicted molar refractivity (Wildman–Crippen MR) is 112 cm³/mol. The van der Waals surface area contributed by atoms with Gasteiger partial charge in [-0.1, -0.05) is 23.2 Å². The molecule has 2 N–H and O–H groups in total. The monoisotopic (exact) mass is 451 g/mol. The number of likely N-dealkylation sites (tertiary alicyclic amines) is 1. The third-order valence-electron chi connectivity index (χ3n) is 4.74. The van der Waals surface area contributed by atoms with Crippen LogP contribution in [0.1, 0.15) is 33.6 Å². The zero-order valence-corrected chi connectivity index (χ0v) is 17.5. The molecule has 1 fully saturated rings. The lowest BCUT2D eigenvalue weighted by Crippen LogP contribution is -2.47. The third-order valence-corrected chi connectivity index (χ3v) is 5.18. The Bertz CT molecular complexity index is 933. The number of carbonyl (C=O) groups excluding carboxylic acids is 3. The van der Waals surface area contributed by atoms with E-state index in [0.717, 1.165) is 0 Å². The quantitative estimate of drug-likeness (QED) is 0.661. The van der Waals surface area contributed by atoms with E-state index in [-0.39, 0.29) is 30.8 Å². The summed E-state index contributed by atoms with van der Waals surface area (Å²) in [6.07, 6.45) is 1.26. The van der Waals surface area contributed by atoms with Crippen molar-refractivity contribution >= 4 is 40.9 Å². The van der Waals surface area contributed by atoms with Crippen LogP contribution in [0.2, 0.25) is 10.0 Å². The molecule has 6 nitrogen and oxygen atoms in total. The van der Waals surface area contributed by atoms with E-state index in [9.17, 15) is 18.8 Å². The Hall–Kier alpha value is -2.64. The molecule has 1 aliphatic heterocycles. The van der Waals surface area contributed by atoms with Crippen molar-refractivity contribution in [1.29, 1.82) is 0 Å². The molecule has 0 aliphatic carbocycles. The van der Waals surface area contributed by atoms with Crippen molar-refractivity contribution in [2.24, 2.45) is 0 Å². The van der Waals surface area contributed by atoms with Crippen LogP contribution in [0.25, 0.3) is 0 Å². The molecule has 9 heteroatoms. The molecular weight excluding hydrogens is 432 g/mol. The zero-order valence-electron chi connectivity index (χ0n) is 16.0. The standard InChI is InChI=1S/C21H20Cl2FN3O3/c22-15-10-14(11-16(23)12-15)21(30)27-9-1-2-18(27)20(29)26-8-7-25-19(28)13-3-5-17(24)6-4-13/h3-6,10-12,18H,1-2,7-9H2,(H,25,28)(H,26,29)/t18-/m1/s1. The highest BCUT2D eigenvalue weighted by Gasteiger charge is 2.34. The Kier molecular flexibility index (Phi) is 7.29. The predicted octanol–water partition coefficient (Wildman–Crippen LogP) is 3.28. The average molecular weight is 452 g/mol. The van der Waals surface area contributed by atoms with E-state index >= 15 is 0 Å². The van der Waals surface area contributed by atoms with Crippen molar-refractivity contribution in [1.82, 2.24) is 15.5 Å². The van der Waals surface area contributed by atoms with Gasteiger partial charge in [0.1, 0.15) is 11.9 Å². The minimum atomic E-state index is -0.594. The molecule has 1 heterocycles. The lowest BCUT2D eigenvalue weighted by molar-refractivity contribution is -0.124. The molecule has 2 aromatic carbocycles. The Balaban J connectivity index is 1.51. The Morgan fingerprint density at radius 3 is 2.27 bits per heavy atom. The first-order chi connectivity index (χ1) is 14.3. The molecule has 3 rings (SSSR count). The maximum absolute atomic E-state index is 12.9. The number of hydrogen-bond donors (Lipinski definition) is 2. The van der Waals surface area contributed by atoms with E-state index in [1.54, 1.807) is 0 Å². The molecule has 0 aromatic heterocycles. The fraction of sp³-hybridized carbons (Fsp3) is 0.286. The molecule has 1 saturated heterocycles. The molecule has 158 valence electrons. The second-order valence-corrected chi connectivity index (χ2v) is 7.74. The average Bonchev–Trinajstić information content (AvgIpc) is 3.20. The molecule has 0 bridgehead atoms. The second-order valence-electron chi connectivity index (χ2n) is 6.87. The molecule has 0 saturated carbocycles. The van der Waals surface area contributed by atoms with Gasteiger partial charge in [-0.15, -0.1) is 0 Å². The van der Waals surface area contributed by atoms with Crippen LogP contribution in [-0.4, -0.2) is 48.3 Å². The fourth-order valence-electron chi connectivity index (χ4n) is 3.31. The van der Waals surface area contributed by atoms with E-state index in [1.165, 1.54) is 47.4 Å². The number of rotatable bonds is 6. The van der Waals surface area contributed by atoms with Gasteiger partial charge in [-0.05, 0) is 55.3 Å². The van der Waals surface area contributed by atoms with Crippen molar-refractivity contribution in [2.75, 3.05) is 19.6 Å². The number of nitrogens with one attached hydrogen (secondary N) is 2. The summed E-state index contributed by atoms with van der Waals surface area (Å²) in [7, 11) is 0. The minimum absolute atomic E-state index is 0.201. The van der Waals surface area contributed by atoms with Gasteiger partial charge in [-0.25, -0.2) is 4.39 Å². The van der Waals surface area contributed by atoms with Crippen LogP contribution in [0, 0.1) is 5.82 Å². The number of nitrogens with zero attached hydrogens (tertiary/aromatic N) is 1. The highest BCUT2D eigenvalue weighted by atomic mass is 35.5. The van der Waals surface area contributed by atoms with Crippen molar-refractivity contribution in [3.8, 4) is 0 Å². The van der Waals surface area contributed by atoms with Crippen LogP contribution in [0.5, 0.6) is 0 Å². The maximum Gasteiger partial charge on any atom is 0.254 e. The van der Waals surface area contributed by atoms with Gasteiger partial charge < -0.3 is 15.5 Å². The van der Waals surface area contributed by atoms with Crippen LogP contribution >= 0.6 is 23.2 Å².